The zero-order valence-corrected chi connectivity index (χ0v) is 11.3. The Hall–Kier alpha value is -2.40. The van der Waals surface area contributed by atoms with Crippen LogP contribution in [-0.4, -0.2) is 22.1 Å². The summed E-state index contributed by atoms with van der Waals surface area (Å²) in [5, 5.41) is 4.39. The summed E-state index contributed by atoms with van der Waals surface area (Å²) in [5.41, 5.74) is 1.88. The first-order chi connectivity index (χ1) is 9.86. The van der Waals surface area contributed by atoms with Crippen LogP contribution in [0.25, 0.3) is 10.9 Å². The highest BCUT2D eigenvalue weighted by Crippen LogP contribution is 2.23. The van der Waals surface area contributed by atoms with Crippen LogP contribution in [0.2, 0.25) is 0 Å². The molecule has 2 heterocycles. The highest BCUT2D eigenvalue weighted by Gasteiger charge is 2.04. The van der Waals surface area contributed by atoms with E-state index in [4.69, 9.17) is 4.74 Å². The van der Waals surface area contributed by atoms with E-state index in [1.807, 2.05) is 30.5 Å². The van der Waals surface area contributed by atoms with Gasteiger partial charge in [-0.2, -0.15) is 0 Å². The second-order valence-electron chi connectivity index (χ2n) is 4.47. The Balaban J connectivity index is 1.75. The summed E-state index contributed by atoms with van der Waals surface area (Å²) in [4.78, 5) is 11.9. The van der Waals surface area contributed by atoms with E-state index in [1.165, 1.54) is 0 Å². The van der Waals surface area contributed by atoms with Crippen molar-refractivity contribution in [3.63, 3.8) is 0 Å². The van der Waals surface area contributed by atoms with Crippen LogP contribution in [0, 0.1) is 0 Å². The number of aromatic amines is 1. The standard InChI is InChI=1S/C15H16N4O/c1-20-13-4-2-3-11-5-6-12(19-15(11)13)9-16-10-14-17-7-8-18-14/h2-8,16H,9-10H2,1H3,(H,17,18). The highest BCUT2D eigenvalue weighted by atomic mass is 16.5. The predicted molar refractivity (Wildman–Crippen MR) is 77.4 cm³/mol. The fourth-order valence-electron chi connectivity index (χ4n) is 2.13. The quantitative estimate of drug-likeness (QED) is 0.745. The Kier molecular flexibility index (Phi) is 3.60. The second-order valence-corrected chi connectivity index (χ2v) is 4.47. The fraction of sp³-hybridized carbons (Fsp3) is 0.200. The van der Waals surface area contributed by atoms with Gasteiger partial charge in [-0.05, 0) is 12.1 Å². The number of hydrogen-bond donors (Lipinski definition) is 2. The zero-order chi connectivity index (χ0) is 13.8. The summed E-state index contributed by atoms with van der Waals surface area (Å²) < 4.78 is 5.35. The van der Waals surface area contributed by atoms with Crippen molar-refractivity contribution in [2.75, 3.05) is 7.11 Å². The summed E-state index contributed by atoms with van der Waals surface area (Å²) in [6.07, 6.45) is 3.56. The molecule has 0 fully saturated rings. The zero-order valence-electron chi connectivity index (χ0n) is 11.3. The molecule has 0 aliphatic rings. The first-order valence-electron chi connectivity index (χ1n) is 6.48. The van der Waals surface area contributed by atoms with Crippen LogP contribution in [0.1, 0.15) is 11.5 Å². The van der Waals surface area contributed by atoms with Gasteiger partial charge in [-0.15, -0.1) is 0 Å². The lowest BCUT2D eigenvalue weighted by atomic mass is 10.2. The molecule has 1 aromatic carbocycles. The van der Waals surface area contributed by atoms with Crippen molar-refractivity contribution in [2.24, 2.45) is 0 Å². The van der Waals surface area contributed by atoms with Gasteiger partial charge in [0, 0.05) is 24.3 Å². The number of pyridine rings is 1. The number of nitrogens with one attached hydrogen (secondary N) is 2. The van der Waals surface area contributed by atoms with Crippen molar-refractivity contribution < 1.29 is 4.74 Å². The van der Waals surface area contributed by atoms with E-state index >= 15 is 0 Å². The average molecular weight is 268 g/mol. The van der Waals surface area contributed by atoms with Crippen molar-refractivity contribution in [1.82, 2.24) is 20.3 Å². The molecule has 2 aromatic heterocycles. The molecule has 0 radical (unpaired) electrons. The molecule has 5 heteroatoms. The van der Waals surface area contributed by atoms with E-state index in [1.54, 1.807) is 13.3 Å². The summed E-state index contributed by atoms with van der Waals surface area (Å²) in [6.45, 7) is 1.38. The summed E-state index contributed by atoms with van der Waals surface area (Å²) in [7, 11) is 1.66. The van der Waals surface area contributed by atoms with Gasteiger partial charge in [0.1, 0.15) is 17.1 Å². The molecule has 0 unspecified atom stereocenters. The van der Waals surface area contributed by atoms with Crippen LogP contribution in [0.4, 0.5) is 0 Å². The van der Waals surface area contributed by atoms with E-state index in [9.17, 15) is 0 Å². The monoisotopic (exact) mass is 268 g/mol. The smallest absolute Gasteiger partial charge is 0.145 e. The maximum atomic E-state index is 5.35. The normalized spacial score (nSPS) is 10.8. The number of rotatable bonds is 5. The van der Waals surface area contributed by atoms with E-state index in [0.717, 1.165) is 28.2 Å². The molecule has 2 N–H and O–H groups in total. The lowest BCUT2D eigenvalue weighted by Crippen LogP contribution is -2.14. The third-order valence-electron chi connectivity index (χ3n) is 3.11. The number of benzene rings is 1. The maximum absolute atomic E-state index is 5.35. The molecule has 3 aromatic rings. The molecule has 0 amide bonds. The van der Waals surface area contributed by atoms with Crippen molar-refractivity contribution in [2.45, 2.75) is 13.1 Å². The van der Waals surface area contributed by atoms with Crippen molar-refractivity contribution in [1.29, 1.82) is 0 Å². The van der Waals surface area contributed by atoms with Crippen LogP contribution >= 0.6 is 0 Å². The van der Waals surface area contributed by atoms with Crippen LogP contribution in [0.5, 0.6) is 5.75 Å². The molecule has 0 bridgehead atoms. The Morgan fingerprint density at radius 1 is 1.20 bits per heavy atom. The Morgan fingerprint density at radius 2 is 2.15 bits per heavy atom. The van der Waals surface area contributed by atoms with Gasteiger partial charge >= 0.3 is 0 Å². The molecule has 0 saturated heterocycles. The predicted octanol–water partition coefficient (Wildman–Crippen LogP) is 2.26. The minimum absolute atomic E-state index is 0.689. The van der Waals surface area contributed by atoms with Crippen LogP contribution in [0.15, 0.2) is 42.7 Å². The van der Waals surface area contributed by atoms with Gasteiger partial charge < -0.3 is 15.0 Å². The number of methoxy groups -OCH3 is 1. The molecule has 0 aliphatic carbocycles. The topological polar surface area (TPSA) is 62.8 Å². The number of hydrogen-bond acceptors (Lipinski definition) is 4. The fourth-order valence-corrected chi connectivity index (χ4v) is 2.13. The maximum Gasteiger partial charge on any atom is 0.145 e. The summed E-state index contributed by atoms with van der Waals surface area (Å²) in [5.74, 6) is 1.72. The number of para-hydroxylation sites is 1. The van der Waals surface area contributed by atoms with Crippen LogP contribution in [-0.2, 0) is 13.1 Å². The third-order valence-corrected chi connectivity index (χ3v) is 3.11. The number of nitrogens with zero attached hydrogens (tertiary/aromatic N) is 2. The molecular formula is C15H16N4O. The van der Waals surface area contributed by atoms with Crippen molar-refractivity contribution >= 4 is 10.9 Å². The van der Waals surface area contributed by atoms with Gasteiger partial charge in [-0.1, -0.05) is 18.2 Å². The van der Waals surface area contributed by atoms with Gasteiger partial charge in [-0.25, -0.2) is 9.97 Å². The molecule has 20 heavy (non-hydrogen) atoms. The van der Waals surface area contributed by atoms with Gasteiger partial charge in [-0.3, -0.25) is 0 Å². The summed E-state index contributed by atoms with van der Waals surface area (Å²) >= 11 is 0. The Bertz CT molecular complexity index is 694. The molecule has 0 spiro atoms. The number of ether oxygens (including phenoxy) is 1. The van der Waals surface area contributed by atoms with Gasteiger partial charge in [0.05, 0.1) is 19.3 Å². The minimum atomic E-state index is 0.689. The molecule has 0 atom stereocenters. The Morgan fingerprint density at radius 3 is 2.95 bits per heavy atom. The molecule has 0 aliphatic heterocycles. The molecule has 102 valence electrons. The van der Waals surface area contributed by atoms with Gasteiger partial charge in [0.2, 0.25) is 0 Å². The van der Waals surface area contributed by atoms with E-state index in [0.29, 0.717) is 13.1 Å². The Labute approximate surface area is 117 Å². The van der Waals surface area contributed by atoms with Crippen LogP contribution < -0.4 is 10.1 Å². The number of imidazole rings is 1. The minimum Gasteiger partial charge on any atom is -0.494 e. The average Bonchev–Trinajstić information content (AvgIpc) is 3.00. The second kappa shape index (κ2) is 5.71. The third kappa shape index (κ3) is 2.62. The first kappa shape index (κ1) is 12.6. The molecule has 5 nitrogen and oxygen atoms in total. The largest absolute Gasteiger partial charge is 0.494 e. The lowest BCUT2D eigenvalue weighted by molar-refractivity contribution is 0.418. The number of aromatic nitrogens is 3. The SMILES string of the molecule is COc1cccc2ccc(CNCc3ncc[nH]3)nc12. The van der Waals surface area contributed by atoms with Crippen LogP contribution in [0.3, 0.4) is 0 Å². The van der Waals surface area contributed by atoms with E-state index in [-0.39, 0.29) is 0 Å². The summed E-state index contributed by atoms with van der Waals surface area (Å²) in [6, 6.07) is 10.0. The molecular weight excluding hydrogens is 252 g/mol. The van der Waals surface area contributed by atoms with Gasteiger partial charge in [0.25, 0.3) is 0 Å². The first-order valence-corrected chi connectivity index (χ1v) is 6.48. The number of fused-ring (bicyclic) bond motifs is 1. The molecule has 0 saturated carbocycles. The lowest BCUT2D eigenvalue weighted by Gasteiger charge is -2.07. The van der Waals surface area contributed by atoms with Gasteiger partial charge in [0.15, 0.2) is 0 Å². The van der Waals surface area contributed by atoms with E-state index < -0.39 is 0 Å². The van der Waals surface area contributed by atoms with E-state index in [2.05, 4.69) is 26.3 Å². The molecule has 3 rings (SSSR count). The van der Waals surface area contributed by atoms with Crippen molar-refractivity contribution in [3.05, 3.63) is 54.2 Å². The number of H-pyrrole nitrogens is 1. The highest BCUT2D eigenvalue weighted by molar-refractivity contribution is 5.84. The van der Waals surface area contributed by atoms with Crippen molar-refractivity contribution in [3.8, 4) is 5.75 Å².